The van der Waals surface area contributed by atoms with Crippen molar-refractivity contribution in [3.8, 4) is 0 Å². The smallest absolute Gasteiger partial charge is 0.289 e. The van der Waals surface area contributed by atoms with Gasteiger partial charge in [0.25, 0.3) is 5.91 Å². The van der Waals surface area contributed by atoms with Gasteiger partial charge in [-0.1, -0.05) is 0 Å². The first-order valence-corrected chi connectivity index (χ1v) is 10.2. The fourth-order valence-corrected chi connectivity index (χ4v) is 6.70. The van der Waals surface area contributed by atoms with Crippen molar-refractivity contribution in [1.29, 1.82) is 0 Å². The average molecular weight is 356 g/mol. The van der Waals surface area contributed by atoms with Crippen LogP contribution in [-0.2, 0) is 0 Å². The Bertz CT molecular complexity index is 740. The number of hydrogen-bond donors (Lipinski definition) is 0. The molecule has 1 saturated heterocycles. The van der Waals surface area contributed by atoms with Crippen LogP contribution in [0.3, 0.4) is 0 Å². The third kappa shape index (κ3) is 2.72. The summed E-state index contributed by atoms with van der Waals surface area (Å²) in [6.45, 7) is 5.08. The Balaban J connectivity index is 1.28. The van der Waals surface area contributed by atoms with Gasteiger partial charge >= 0.3 is 0 Å². The lowest BCUT2D eigenvalue weighted by Gasteiger charge is -2.61. The molecule has 6 rings (SSSR count). The summed E-state index contributed by atoms with van der Waals surface area (Å²) in [5, 5.41) is 0. The molecule has 26 heavy (non-hydrogen) atoms. The molecule has 4 aliphatic carbocycles. The van der Waals surface area contributed by atoms with E-state index in [-0.39, 0.29) is 17.1 Å². The Morgan fingerprint density at radius 3 is 2.12 bits per heavy atom. The van der Waals surface area contributed by atoms with Crippen LogP contribution in [0.1, 0.15) is 54.8 Å². The number of carbonyl (C=O) groups is 1. The molecule has 0 radical (unpaired) electrons. The maximum absolute atomic E-state index is 12.7. The van der Waals surface area contributed by atoms with E-state index in [0.717, 1.165) is 43.9 Å². The Hall–Kier alpha value is -1.62. The van der Waals surface area contributed by atoms with Crippen molar-refractivity contribution in [2.45, 2.75) is 51.0 Å². The summed E-state index contributed by atoms with van der Waals surface area (Å²) in [5.74, 6) is 3.37. The predicted molar refractivity (Wildman–Crippen MR) is 98.1 cm³/mol. The van der Waals surface area contributed by atoms with Crippen molar-refractivity contribution in [2.75, 3.05) is 26.2 Å². The van der Waals surface area contributed by atoms with Gasteiger partial charge in [0.1, 0.15) is 5.76 Å². The molecule has 0 N–H and O–H groups in total. The van der Waals surface area contributed by atoms with Crippen molar-refractivity contribution < 1.29 is 9.21 Å². The van der Waals surface area contributed by atoms with Gasteiger partial charge < -0.3 is 9.32 Å². The number of rotatable bonds is 2. The van der Waals surface area contributed by atoms with Gasteiger partial charge in [0.2, 0.25) is 0 Å². The molecule has 1 aliphatic heterocycles. The van der Waals surface area contributed by atoms with E-state index >= 15 is 0 Å². The summed E-state index contributed by atoms with van der Waals surface area (Å²) < 4.78 is 5.50. The molecule has 4 saturated carbocycles. The van der Waals surface area contributed by atoms with Gasteiger partial charge in [-0.25, -0.2) is 0 Å². The first-order chi connectivity index (χ1) is 12.5. The number of piperazine rings is 1. The fourth-order valence-electron chi connectivity index (χ4n) is 6.70. The Labute approximate surface area is 154 Å². The van der Waals surface area contributed by atoms with E-state index < -0.39 is 0 Å². The molecule has 5 heteroatoms. The molecule has 140 valence electrons. The highest BCUT2D eigenvalue weighted by atomic mass is 16.3. The van der Waals surface area contributed by atoms with Crippen LogP contribution >= 0.6 is 0 Å². The second-order valence-corrected chi connectivity index (χ2v) is 9.19. The van der Waals surface area contributed by atoms with Gasteiger partial charge in [0, 0.05) is 43.9 Å². The van der Waals surface area contributed by atoms with E-state index in [2.05, 4.69) is 4.90 Å². The fraction of sp³-hybridized carbons (Fsp3) is 0.714. The molecular formula is C21H28N2O3. The lowest BCUT2D eigenvalue weighted by molar-refractivity contribution is -0.0988. The SMILES string of the molecule is Cc1cc(=O)cc(C(=O)N2CCN(C34CC5CC(CC(C5)C3)C4)CC2)o1. The zero-order chi connectivity index (χ0) is 17.9. The highest BCUT2D eigenvalue weighted by Gasteiger charge is 2.53. The van der Waals surface area contributed by atoms with Crippen LogP contribution in [0.25, 0.3) is 0 Å². The van der Waals surface area contributed by atoms with Gasteiger partial charge in [-0.3, -0.25) is 14.5 Å². The van der Waals surface area contributed by atoms with Crippen molar-refractivity contribution in [1.82, 2.24) is 9.80 Å². The molecule has 0 spiro atoms. The molecule has 1 amide bonds. The van der Waals surface area contributed by atoms with Crippen molar-refractivity contribution >= 4 is 5.91 Å². The molecule has 1 aromatic heterocycles. The molecule has 5 fully saturated rings. The second kappa shape index (κ2) is 5.95. The summed E-state index contributed by atoms with van der Waals surface area (Å²) in [5.41, 5.74) is 0.254. The van der Waals surface area contributed by atoms with Crippen molar-refractivity contribution in [3.63, 3.8) is 0 Å². The summed E-state index contributed by atoms with van der Waals surface area (Å²) >= 11 is 0. The Kier molecular flexibility index (Phi) is 3.78. The molecule has 5 nitrogen and oxygen atoms in total. The Morgan fingerprint density at radius 1 is 1.00 bits per heavy atom. The van der Waals surface area contributed by atoms with Gasteiger partial charge in [-0.05, 0) is 63.2 Å². The van der Waals surface area contributed by atoms with E-state index in [1.165, 1.54) is 50.7 Å². The number of hydrogen-bond acceptors (Lipinski definition) is 4. The molecule has 4 bridgehead atoms. The van der Waals surface area contributed by atoms with Crippen LogP contribution in [0.4, 0.5) is 0 Å². The van der Waals surface area contributed by atoms with Crippen LogP contribution in [-0.4, -0.2) is 47.4 Å². The highest BCUT2D eigenvalue weighted by molar-refractivity contribution is 5.91. The topological polar surface area (TPSA) is 53.8 Å². The minimum absolute atomic E-state index is 0.143. The first kappa shape index (κ1) is 16.5. The number of amides is 1. The van der Waals surface area contributed by atoms with E-state index in [1.54, 1.807) is 6.92 Å². The molecule has 0 atom stereocenters. The standard InChI is InChI=1S/C21H28N2O3/c1-14-6-18(24)10-19(26-14)20(25)22-2-4-23(5-3-22)21-11-15-7-16(12-21)9-17(8-15)13-21/h6,10,15-17H,2-5,7-9,11-13H2,1H3. The van der Waals surface area contributed by atoms with E-state index in [9.17, 15) is 9.59 Å². The predicted octanol–water partition coefficient (Wildman–Crippen LogP) is 2.67. The first-order valence-electron chi connectivity index (χ1n) is 10.2. The van der Waals surface area contributed by atoms with Gasteiger partial charge in [-0.2, -0.15) is 0 Å². The average Bonchev–Trinajstić information content (AvgIpc) is 2.59. The largest absolute Gasteiger partial charge is 0.456 e. The second-order valence-electron chi connectivity index (χ2n) is 9.19. The van der Waals surface area contributed by atoms with Crippen LogP contribution in [0, 0.1) is 24.7 Å². The lowest BCUT2D eigenvalue weighted by atomic mass is 9.52. The summed E-state index contributed by atoms with van der Waals surface area (Å²) in [6.07, 6.45) is 8.51. The normalized spacial score (nSPS) is 36.5. The molecule has 0 unspecified atom stereocenters. The number of nitrogens with zero attached hydrogens (tertiary/aromatic N) is 2. The minimum Gasteiger partial charge on any atom is -0.456 e. The van der Waals surface area contributed by atoms with Gasteiger partial charge in [-0.15, -0.1) is 0 Å². The number of aryl methyl sites for hydroxylation is 1. The quantitative estimate of drug-likeness (QED) is 0.818. The maximum Gasteiger partial charge on any atom is 0.289 e. The monoisotopic (exact) mass is 356 g/mol. The third-order valence-corrected chi connectivity index (χ3v) is 7.34. The Morgan fingerprint density at radius 2 is 1.58 bits per heavy atom. The summed E-state index contributed by atoms with van der Waals surface area (Å²) in [7, 11) is 0. The van der Waals surface area contributed by atoms with E-state index in [0.29, 0.717) is 11.3 Å². The van der Waals surface area contributed by atoms with Crippen molar-refractivity contribution in [2.24, 2.45) is 17.8 Å². The lowest BCUT2D eigenvalue weighted by Crippen LogP contribution is -2.64. The highest BCUT2D eigenvalue weighted by Crippen LogP contribution is 2.57. The molecule has 2 heterocycles. The van der Waals surface area contributed by atoms with Crippen LogP contribution in [0.2, 0.25) is 0 Å². The minimum atomic E-state index is -0.163. The van der Waals surface area contributed by atoms with Gasteiger partial charge in [0.15, 0.2) is 11.2 Å². The molecule has 5 aliphatic rings. The van der Waals surface area contributed by atoms with E-state index in [4.69, 9.17) is 4.42 Å². The summed E-state index contributed by atoms with van der Waals surface area (Å²) in [6, 6.07) is 2.74. The maximum atomic E-state index is 12.7. The zero-order valence-electron chi connectivity index (χ0n) is 15.6. The van der Waals surface area contributed by atoms with Crippen LogP contribution in [0.5, 0.6) is 0 Å². The molecular weight excluding hydrogens is 328 g/mol. The van der Waals surface area contributed by atoms with E-state index in [1.807, 2.05) is 4.90 Å². The summed E-state index contributed by atoms with van der Waals surface area (Å²) in [4.78, 5) is 29.0. The third-order valence-electron chi connectivity index (χ3n) is 7.34. The van der Waals surface area contributed by atoms with Gasteiger partial charge in [0.05, 0.1) is 0 Å². The van der Waals surface area contributed by atoms with Crippen LogP contribution < -0.4 is 5.43 Å². The molecule has 1 aromatic rings. The van der Waals surface area contributed by atoms with Crippen molar-refractivity contribution in [3.05, 3.63) is 33.9 Å². The molecule has 0 aromatic carbocycles. The van der Waals surface area contributed by atoms with Crippen LogP contribution in [0.15, 0.2) is 21.3 Å². The number of carbonyl (C=O) groups excluding carboxylic acids is 1. The zero-order valence-corrected chi connectivity index (χ0v) is 15.6.